The Hall–Kier alpha value is -2.55. The van der Waals surface area contributed by atoms with Crippen molar-refractivity contribution in [1.82, 2.24) is 0 Å². The van der Waals surface area contributed by atoms with E-state index in [0.29, 0.717) is 18.1 Å². The van der Waals surface area contributed by atoms with Crippen LogP contribution in [0, 0.1) is 5.92 Å². The molecule has 0 saturated carbocycles. The fourth-order valence-corrected chi connectivity index (χ4v) is 2.05. The Bertz CT molecular complexity index is 670. The zero-order valence-electron chi connectivity index (χ0n) is 13.8. The molecule has 0 N–H and O–H groups in total. The average molecular weight is 310 g/mol. The number of carbonyl (C=O) groups excluding carboxylic acids is 1. The summed E-state index contributed by atoms with van der Waals surface area (Å²) in [6, 6.07) is 15.2. The van der Waals surface area contributed by atoms with Crippen LogP contribution in [0.4, 0.5) is 0 Å². The van der Waals surface area contributed by atoms with Crippen LogP contribution in [-0.2, 0) is 11.3 Å². The summed E-state index contributed by atoms with van der Waals surface area (Å²) < 4.78 is 10.5. The SMILES string of the molecule is COC(=O)c1cccc(COc2ccc(/C=C/C(C)C)cc2)c1. The number of hydrogen-bond acceptors (Lipinski definition) is 3. The van der Waals surface area contributed by atoms with E-state index in [0.717, 1.165) is 16.9 Å². The first-order valence-electron chi connectivity index (χ1n) is 7.67. The second-order valence-corrected chi connectivity index (χ2v) is 5.65. The van der Waals surface area contributed by atoms with E-state index in [-0.39, 0.29) is 5.97 Å². The van der Waals surface area contributed by atoms with Crippen LogP contribution in [0.1, 0.15) is 35.3 Å². The number of allylic oxidation sites excluding steroid dienone is 1. The lowest BCUT2D eigenvalue weighted by molar-refractivity contribution is 0.0600. The zero-order valence-corrected chi connectivity index (χ0v) is 13.8. The number of rotatable bonds is 6. The van der Waals surface area contributed by atoms with Gasteiger partial charge in [0.1, 0.15) is 12.4 Å². The minimum atomic E-state index is -0.340. The van der Waals surface area contributed by atoms with Crippen molar-refractivity contribution in [2.75, 3.05) is 7.11 Å². The van der Waals surface area contributed by atoms with Crippen molar-refractivity contribution in [2.45, 2.75) is 20.5 Å². The van der Waals surface area contributed by atoms with E-state index < -0.39 is 0 Å². The Labute approximate surface area is 137 Å². The summed E-state index contributed by atoms with van der Waals surface area (Å²) in [7, 11) is 1.38. The fourth-order valence-electron chi connectivity index (χ4n) is 2.05. The normalized spacial score (nSPS) is 11.0. The van der Waals surface area contributed by atoms with Crippen molar-refractivity contribution >= 4 is 12.0 Å². The molecule has 2 aromatic carbocycles. The summed E-state index contributed by atoms with van der Waals surface area (Å²) in [5, 5.41) is 0. The van der Waals surface area contributed by atoms with E-state index in [4.69, 9.17) is 9.47 Å². The molecule has 0 saturated heterocycles. The van der Waals surface area contributed by atoms with Crippen LogP contribution < -0.4 is 4.74 Å². The summed E-state index contributed by atoms with van der Waals surface area (Å²) in [6.45, 7) is 4.71. The van der Waals surface area contributed by atoms with Crippen LogP contribution in [0.3, 0.4) is 0 Å². The van der Waals surface area contributed by atoms with Gasteiger partial charge in [0.15, 0.2) is 0 Å². The molecule has 2 aromatic rings. The predicted molar refractivity (Wildman–Crippen MR) is 92.4 cm³/mol. The van der Waals surface area contributed by atoms with Gasteiger partial charge >= 0.3 is 5.97 Å². The highest BCUT2D eigenvalue weighted by molar-refractivity contribution is 5.89. The van der Waals surface area contributed by atoms with Crippen LogP contribution >= 0.6 is 0 Å². The second-order valence-electron chi connectivity index (χ2n) is 5.65. The van der Waals surface area contributed by atoms with E-state index in [9.17, 15) is 4.79 Å². The highest BCUT2D eigenvalue weighted by atomic mass is 16.5. The summed E-state index contributed by atoms with van der Waals surface area (Å²) in [4.78, 5) is 11.5. The Balaban J connectivity index is 1.97. The van der Waals surface area contributed by atoms with Gasteiger partial charge in [-0.1, -0.05) is 50.3 Å². The predicted octanol–water partition coefficient (Wildman–Crippen LogP) is 4.72. The monoisotopic (exact) mass is 310 g/mol. The van der Waals surface area contributed by atoms with Crippen LogP contribution in [-0.4, -0.2) is 13.1 Å². The molecule has 2 rings (SSSR count). The van der Waals surface area contributed by atoms with E-state index in [2.05, 4.69) is 26.0 Å². The number of ether oxygens (including phenoxy) is 2. The summed E-state index contributed by atoms with van der Waals surface area (Å²) >= 11 is 0. The molecule has 0 heterocycles. The minimum absolute atomic E-state index is 0.340. The fraction of sp³-hybridized carbons (Fsp3) is 0.250. The van der Waals surface area contributed by atoms with Crippen molar-refractivity contribution in [3.05, 3.63) is 71.3 Å². The molecule has 0 spiro atoms. The standard InChI is InChI=1S/C20H22O3/c1-15(2)7-8-16-9-11-19(12-10-16)23-14-17-5-4-6-18(13-17)20(21)22-3/h4-13,15H,14H2,1-3H3/b8-7+. The number of esters is 1. The molecule has 0 atom stereocenters. The quantitative estimate of drug-likeness (QED) is 0.724. The molecule has 0 aliphatic heterocycles. The van der Waals surface area contributed by atoms with E-state index in [1.165, 1.54) is 7.11 Å². The molecule has 3 nitrogen and oxygen atoms in total. The van der Waals surface area contributed by atoms with E-state index in [1.54, 1.807) is 12.1 Å². The van der Waals surface area contributed by atoms with Gasteiger partial charge in [0, 0.05) is 0 Å². The average Bonchev–Trinajstić information content (AvgIpc) is 2.58. The number of hydrogen-bond donors (Lipinski definition) is 0. The lowest BCUT2D eigenvalue weighted by atomic mass is 10.1. The molecule has 0 aliphatic rings. The van der Waals surface area contributed by atoms with Crippen molar-refractivity contribution in [3.8, 4) is 5.75 Å². The first-order chi connectivity index (χ1) is 11.1. The number of methoxy groups -OCH3 is 1. The first kappa shape index (κ1) is 16.8. The summed E-state index contributed by atoms with van der Waals surface area (Å²) in [5.74, 6) is 0.997. The number of benzene rings is 2. The van der Waals surface area contributed by atoms with Crippen molar-refractivity contribution in [2.24, 2.45) is 5.92 Å². The van der Waals surface area contributed by atoms with Crippen LogP contribution in [0.25, 0.3) is 6.08 Å². The maximum atomic E-state index is 11.5. The van der Waals surface area contributed by atoms with Gasteiger partial charge in [-0.3, -0.25) is 0 Å². The van der Waals surface area contributed by atoms with E-state index in [1.807, 2.05) is 36.4 Å². The highest BCUT2D eigenvalue weighted by Gasteiger charge is 2.05. The van der Waals surface area contributed by atoms with Crippen molar-refractivity contribution < 1.29 is 14.3 Å². The molecule has 0 unspecified atom stereocenters. The third-order valence-electron chi connectivity index (χ3n) is 3.31. The second kappa shape index (κ2) is 8.18. The van der Waals surface area contributed by atoms with Crippen LogP contribution in [0.15, 0.2) is 54.6 Å². The molecule has 0 radical (unpaired) electrons. The van der Waals surface area contributed by atoms with Gasteiger partial charge in [0.05, 0.1) is 12.7 Å². The summed E-state index contributed by atoms with van der Waals surface area (Å²) in [6.07, 6.45) is 4.27. The maximum Gasteiger partial charge on any atom is 0.337 e. The molecule has 120 valence electrons. The van der Waals surface area contributed by atoms with Gasteiger partial charge in [-0.05, 0) is 41.3 Å². The molecule has 3 heteroatoms. The molecule has 0 fully saturated rings. The molecular weight excluding hydrogens is 288 g/mol. The third-order valence-corrected chi connectivity index (χ3v) is 3.31. The van der Waals surface area contributed by atoms with Gasteiger partial charge < -0.3 is 9.47 Å². The largest absolute Gasteiger partial charge is 0.489 e. The lowest BCUT2D eigenvalue weighted by Gasteiger charge is -2.08. The molecule has 0 aromatic heterocycles. The lowest BCUT2D eigenvalue weighted by Crippen LogP contribution is -2.03. The summed E-state index contributed by atoms with van der Waals surface area (Å²) in [5.41, 5.74) is 2.61. The highest BCUT2D eigenvalue weighted by Crippen LogP contribution is 2.16. The number of carbonyl (C=O) groups is 1. The molecule has 0 bridgehead atoms. The molecule has 23 heavy (non-hydrogen) atoms. The molecular formula is C20H22O3. The van der Waals surface area contributed by atoms with Crippen molar-refractivity contribution in [1.29, 1.82) is 0 Å². The maximum absolute atomic E-state index is 11.5. The zero-order chi connectivity index (χ0) is 16.7. The molecule has 0 aliphatic carbocycles. The Kier molecular flexibility index (Phi) is 5.98. The van der Waals surface area contributed by atoms with Gasteiger partial charge in [-0.2, -0.15) is 0 Å². The smallest absolute Gasteiger partial charge is 0.337 e. The molecule has 0 amide bonds. The van der Waals surface area contributed by atoms with Crippen LogP contribution in [0.5, 0.6) is 5.75 Å². The van der Waals surface area contributed by atoms with Gasteiger partial charge in [-0.15, -0.1) is 0 Å². The Morgan fingerprint density at radius 3 is 2.52 bits per heavy atom. The third kappa shape index (κ3) is 5.29. The van der Waals surface area contributed by atoms with Crippen LogP contribution in [0.2, 0.25) is 0 Å². The van der Waals surface area contributed by atoms with Gasteiger partial charge in [0.2, 0.25) is 0 Å². The van der Waals surface area contributed by atoms with E-state index >= 15 is 0 Å². The Morgan fingerprint density at radius 2 is 1.87 bits per heavy atom. The Morgan fingerprint density at radius 1 is 1.13 bits per heavy atom. The first-order valence-corrected chi connectivity index (χ1v) is 7.67. The minimum Gasteiger partial charge on any atom is -0.489 e. The van der Waals surface area contributed by atoms with Gasteiger partial charge in [-0.25, -0.2) is 4.79 Å². The van der Waals surface area contributed by atoms with Crippen molar-refractivity contribution in [3.63, 3.8) is 0 Å². The topological polar surface area (TPSA) is 35.5 Å². The van der Waals surface area contributed by atoms with Gasteiger partial charge in [0.25, 0.3) is 0 Å².